The smallest absolute Gasteiger partial charge is 0.130 e. The summed E-state index contributed by atoms with van der Waals surface area (Å²) in [6.07, 6.45) is 1.66. The Morgan fingerprint density at radius 2 is 2.21 bits per heavy atom. The molecule has 0 aliphatic heterocycles. The van der Waals surface area contributed by atoms with E-state index in [0.717, 1.165) is 5.82 Å². The maximum absolute atomic E-state index is 9.62. The molecule has 78 valence electrons. The van der Waals surface area contributed by atoms with Crippen molar-refractivity contribution in [3.05, 3.63) is 18.3 Å². The normalized spacial score (nSPS) is 11.4. The van der Waals surface area contributed by atoms with Crippen molar-refractivity contribution < 1.29 is 5.11 Å². The molecule has 1 aromatic rings. The molecule has 0 spiro atoms. The Bertz CT molecular complexity index is 306. The number of nitrogens with zero attached hydrogens (tertiary/aromatic N) is 2. The van der Waals surface area contributed by atoms with Gasteiger partial charge in [0.2, 0.25) is 0 Å². The van der Waals surface area contributed by atoms with Gasteiger partial charge in [0.25, 0.3) is 0 Å². The Kier molecular flexibility index (Phi) is 2.96. The Hall–Kier alpha value is -1.29. The first kappa shape index (κ1) is 10.8. The third-order valence-corrected chi connectivity index (χ3v) is 1.78. The van der Waals surface area contributed by atoms with Crippen LogP contribution in [0.2, 0.25) is 0 Å². The van der Waals surface area contributed by atoms with Crippen molar-refractivity contribution in [2.24, 2.45) is 0 Å². The van der Waals surface area contributed by atoms with Crippen LogP contribution in [0.15, 0.2) is 18.3 Å². The summed E-state index contributed by atoms with van der Waals surface area (Å²) in [5.74, 6) is 0.770. The van der Waals surface area contributed by atoms with Crippen LogP contribution in [-0.2, 0) is 0 Å². The predicted molar refractivity (Wildman–Crippen MR) is 58.2 cm³/mol. The average molecular weight is 195 g/mol. The molecule has 0 amide bonds. The maximum atomic E-state index is 9.62. The molecule has 1 aromatic heterocycles. The second kappa shape index (κ2) is 3.84. The lowest BCUT2D eigenvalue weighted by molar-refractivity contribution is 0.0884. The molecule has 0 aromatic carbocycles. The molecule has 3 N–H and O–H groups in total. The largest absolute Gasteiger partial charge is 0.399 e. The SMILES string of the molecule is CN(CC(C)(C)O)c1cc(N)ccn1. The Labute approximate surface area is 84.4 Å². The van der Waals surface area contributed by atoms with Gasteiger partial charge in [0, 0.05) is 31.5 Å². The summed E-state index contributed by atoms with van der Waals surface area (Å²) < 4.78 is 0. The summed E-state index contributed by atoms with van der Waals surface area (Å²) >= 11 is 0. The fraction of sp³-hybridized carbons (Fsp3) is 0.500. The van der Waals surface area contributed by atoms with Gasteiger partial charge >= 0.3 is 0 Å². The Balaban J connectivity index is 2.74. The van der Waals surface area contributed by atoms with E-state index in [2.05, 4.69) is 4.98 Å². The third-order valence-electron chi connectivity index (χ3n) is 1.78. The van der Waals surface area contributed by atoms with Crippen molar-refractivity contribution in [2.75, 3.05) is 24.2 Å². The first-order valence-electron chi connectivity index (χ1n) is 4.53. The Morgan fingerprint density at radius 1 is 1.57 bits per heavy atom. The fourth-order valence-corrected chi connectivity index (χ4v) is 1.30. The monoisotopic (exact) mass is 195 g/mol. The van der Waals surface area contributed by atoms with E-state index in [9.17, 15) is 5.11 Å². The molecule has 4 heteroatoms. The van der Waals surface area contributed by atoms with Crippen molar-refractivity contribution in [3.63, 3.8) is 0 Å². The number of likely N-dealkylation sites (N-methyl/N-ethyl adjacent to an activating group) is 1. The van der Waals surface area contributed by atoms with Gasteiger partial charge in [0.15, 0.2) is 0 Å². The van der Waals surface area contributed by atoms with E-state index in [1.807, 2.05) is 11.9 Å². The number of nitrogens with two attached hydrogens (primary N) is 1. The fourth-order valence-electron chi connectivity index (χ4n) is 1.30. The van der Waals surface area contributed by atoms with Crippen LogP contribution in [0.25, 0.3) is 0 Å². The van der Waals surface area contributed by atoms with Crippen molar-refractivity contribution in [1.29, 1.82) is 0 Å². The second-order valence-corrected chi connectivity index (χ2v) is 4.12. The van der Waals surface area contributed by atoms with E-state index >= 15 is 0 Å². The molecule has 1 heterocycles. The summed E-state index contributed by atoms with van der Waals surface area (Å²) in [5, 5.41) is 9.62. The number of hydrogen-bond acceptors (Lipinski definition) is 4. The number of rotatable bonds is 3. The number of aromatic nitrogens is 1. The summed E-state index contributed by atoms with van der Waals surface area (Å²) in [5.41, 5.74) is 5.57. The number of pyridine rings is 1. The summed E-state index contributed by atoms with van der Waals surface area (Å²) in [4.78, 5) is 6.03. The molecule has 0 bridgehead atoms. The first-order chi connectivity index (χ1) is 6.38. The molecule has 0 saturated carbocycles. The molecule has 4 nitrogen and oxygen atoms in total. The van der Waals surface area contributed by atoms with Crippen molar-refractivity contribution >= 4 is 11.5 Å². The molecule has 14 heavy (non-hydrogen) atoms. The summed E-state index contributed by atoms with van der Waals surface area (Å²) in [6, 6.07) is 3.52. The minimum absolute atomic E-state index is 0.517. The van der Waals surface area contributed by atoms with Crippen molar-refractivity contribution in [3.8, 4) is 0 Å². The Morgan fingerprint density at radius 3 is 2.71 bits per heavy atom. The van der Waals surface area contributed by atoms with E-state index in [-0.39, 0.29) is 0 Å². The topological polar surface area (TPSA) is 62.4 Å². The van der Waals surface area contributed by atoms with E-state index in [1.165, 1.54) is 0 Å². The van der Waals surface area contributed by atoms with Crippen LogP contribution in [0.3, 0.4) is 0 Å². The molecule has 0 saturated heterocycles. The number of nitrogen functional groups attached to an aromatic ring is 1. The molecular formula is C10H17N3O. The highest BCUT2D eigenvalue weighted by Crippen LogP contribution is 2.14. The number of aliphatic hydroxyl groups is 1. The average Bonchev–Trinajstić information content (AvgIpc) is 2.01. The van der Waals surface area contributed by atoms with Gasteiger partial charge in [0.05, 0.1) is 5.60 Å². The molecule has 0 aliphatic rings. The van der Waals surface area contributed by atoms with Crippen LogP contribution >= 0.6 is 0 Å². The van der Waals surface area contributed by atoms with Gasteiger partial charge < -0.3 is 15.7 Å². The molecule has 0 unspecified atom stereocenters. The molecule has 0 radical (unpaired) electrons. The zero-order chi connectivity index (χ0) is 10.8. The maximum Gasteiger partial charge on any atom is 0.130 e. The third kappa shape index (κ3) is 3.22. The number of hydrogen-bond donors (Lipinski definition) is 2. The molecule has 0 fully saturated rings. The van der Waals surface area contributed by atoms with Crippen LogP contribution in [0.4, 0.5) is 11.5 Å². The van der Waals surface area contributed by atoms with Crippen LogP contribution < -0.4 is 10.6 Å². The van der Waals surface area contributed by atoms with E-state index in [0.29, 0.717) is 12.2 Å². The van der Waals surface area contributed by atoms with Gasteiger partial charge in [-0.2, -0.15) is 0 Å². The lowest BCUT2D eigenvalue weighted by atomic mass is 10.1. The molecule has 0 atom stereocenters. The first-order valence-corrected chi connectivity index (χ1v) is 4.53. The minimum atomic E-state index is -0.735. The van der Waals surface area contributed by atoms with E-state index < -0.39 is 5.60 Å². The standard InChI is InChI=1S/C10H17N3O/c1-10(2,14)7-13(3)9-6-8(11)4-5-12-9/h4-6,14H,7H2,1-3H3,(H2,11,12). The van der Waals surface area contributed by atoms with Crippen LogP contribution in [-0.4, -0.2) is 29.3 Å². The minimum Gasteiger partial charge on any atom is -0.399 e. The lowest BCUT2D eigenvalue weighted by Gasteiger charge is -2.26. The van der Waals surface area contributed by atoms with Gasteiger partial charge in [-0.05, 0) is 19.9 Å². The van der Waals surface area contributed by atoms with Gasteiger partial charge in [-0.25, -0.2) is 4.98 Å². The second-order valence-electron chi connectivity index (χ2n) is 4.12. The lowest BCUT2D eigenvalue weighted by Crippen LogP contribution is -2.36. The van der Waals surface area contributed by atoms with Crippen molar-refractivity contribution in [2.45, 2.75) is 19.4 Å². The van der Waals surface area contributed by atoms with Gasteiger partial charge in [-0.1, -0.05) is 0 Å². The molecular weight excluding hydrogens is 178 g/mol. The molecule has 1 rings (SSSR count). The van der Waals surface area contributed by atoms with Crippen molar-refractivity contribution in [1.82, 2.24) is 4.98 Å². The van der Waals surface area contributed by atoms with Gasteiger partial charge in [0.1, 0.15) is 5.82 Å². The summed E-state index contributed by atoms with van der Waals surface area (Å²) in [6.45, 7) is 4.04. The van der Waals surface area contributed by atoms with Gasteiger partial charge in [-0.3, -0.25) is 0 Å². The van der Waals surface area contributed by atoms with E-state index in [1.54, 1.807) is 32.2 Å². The highest BCUT2D eigenvalue weighted by molar-refractivity contribution is 5.49. The number of anilines is 2. The van der Waals surface area contributed by atoms with Crippen LogP contribution in [0, 0.1) is 0 Å². The zero-order valence-electron chi connectivity index (χ0n) is 8.86. The van der Waals surface area contributed by atoms with Gasteiger partial charge in [-0.15, -0.1) is 0 Å². The quantitative estimate of drug-likeness (QED) is 0.751. The van der Waals surface area contributed by atoms with Crippen LogP contribution in [0.1, 0.15) is 13.8 Å². The summed E-state index contributed by atoms with van der Waals surface area (Å²) in [7, 11) is 1.87. The van der Waals surface area contributed by atoms with E-state index in [4.69, 9.17) is 5.73 Å². The van der Waals surface area contributed by atoms with Crippen LogP contribution in [0.5, 0.6) is 0 Å². The highest BCUT2D eigenvalue weighted by atomic mass is 16.3. The predicted octanol–water partition coefficient (Wildman–Crippen LogP) is 0.871. The molecule has 0 aliphatic carbocycles. The zero-order valence-corrected chi connectivity index (χ0v) is 8.86. The highest BCUT2D eigenvalue weighted by Gasteiger charge is 2.16.